The molecule has 0 heterocycles. The molecule has 0 saturated carbocycles. The summed E-state index contributed by atoms with van der Waals surface area (Å²) in [6, 6.07) is 4.37. The van der Waals surface area contributed by atoms with Gasteiger partial charge in [-0.2, -0.15) is 5.26 Å². The third-order valence-corrected chi connectivity index (χ3v) is 1.84. The molecule has 1 aromatic carbocycles. The molecule has 0 radical (unpaired) electrons. The number of aromatic hydroxyl groups is 1. The smallest absolute Gasteiger partial charge is 0.166 e. The topological polar surface area (TPSA) is 44.0 Å². The van der Waals surface area contributed by atoms with E-state index in [2.05, 4.69) is 0 Å². The maximum Gasteiger partial charge on any atom is 0.166 e. The molecule has 1 aromatic rings. The van der Waals surface area contributed by atoms with E-state index in [9.17, 15) is 9.50 Å². The van der Waals surface area contributed by atoms with Gasteiger partial charge in [-0.3, -0.25) is 0 Å². The van der Waals surface area contributed by atoms with Gasteiger partial charge in [-0.05, 0) is 18.1 Å². The minimum atomic E-state index is -0.734. The Morgan fingerprint density at radius 3 is 2.54 bits per heavy atom. The Morgan fingerprint density at radius 2 is 2.08 bits per heavy atom. The summed E-state index contributed by atoms with van der Waals surface area (Å²) >= 11 is 0. The van der Waals surface area contributed by atoms with Gasteiger partial charge in [0.1, 0.15) is 0 Å². The van der Waals surface area contributed by atoms with E-state index in [1.54, 1.807) is 0 Å². The molecule has 0 aliphatic rings. The Labute approximate surface area is 76.2 Å². The number of phenolic OH excluding ortho intramolecular Hbond substituents is 1. The van der Waals surface area contributed by atoms with Crippen LogP contribution < -0.4 is 0 Å². The molecule has 0 spiro atoms. The number of nitriles is 1. The van der Waals surface area contributed by atoms with Crippen molar-refractivity contribution in [1.82, 2.24) is 0 Å². The molecular formula is C10H10FNO. The first-order valence-corrected chi connectivity index (χ1v) is 3.98. The summed E-state index contributed by atoms with van der Waals surface area (Å²) in [6.45, 7) is 3.66. The lowest BCUT2D eigenvalue weighted by Crippen LogP contribution is -1.92. The molecule has 0 amide bonds. The highest BCUT2D eigenvalue weighted by molar-refractivity contribution is 5.43. The molecule has 0 aromatic heterocycles. The average Bonchev–Trinajstić information content (AvgIpc) is 2.09. The van der Waals surface area contributed by atoms with Crippen LogP contribution >= 0.6 is 0 Å². The lowest BCUT2D eigenvalue weighted by Gasteiger charge is -2.08. The average molecular weight is 179 g/mol. The fourth-order valence-electron chi connectivity index (χ4n) is 1.12. The molecule has 2 nitrogen and oxygen atoms in total. The molecule has 0 unspecified atom stereocenters. The van der Waals surface area contributed by atoms with Crippen molar-refractivity contribution in [3.63, 3.8) is 0 Å². The van der Waals surface area contributed by atoms with Crippen molar-refractivity contribution in [1.29, 1.82) is 5.26 Å². The van der Waals surface area contributed by atoms with Crippen molar-refractivity contribution in [2.24, 2.45) is 0 Å². The Balaban J connectivity index is 3.35. The Kier molecular flexibility index (Phi) is 2.52. The Bertz CT molecular complexity index is 366. The van der Waals surface area contributed by atoms with E-state index >= 15 is 0 Å². The van der Waals surface area contributed by atoms with E-state index in [0.29, 0.717) is 5.56 Å². The number of benzene rings is 1. The predicted molar refractivity (Wildman–Crippen MR) is 46.9 cm³/mol. The van der Waals surface area contributed by atoms with E-state index in [0.717, 1.165) is 6.07 Å². The SMILES string of the molecule is CC(C)c1cc(C#N)cc(F)c1O. The number of halogens is 1. The van der Waals surface area contributed by atoms with Gasteiger partial charge in [-0.15, -0.1) is 0 Å². The van der Waals surface area contributed by atoms with Crippen LogP contribution in [-0.2, 0) is 0 Å². The molecule has 13 heavy (non-hydrogen) atoms. The third kappa shape index (κ3) is 1.78. The second-order valence-corrected chi connectivity index (χ2v) is 3.16. The molecule has 0 fully saturated rings. The molecule has 0 bridgehead atoms. The molecule has 0 saturated heterocycles. The predicted octanol–water partition coefficient (Wildman–Crippen LogP) is 2.53. The highest BCUT2D eigenvalue weighted by Gasteiger charge is 2.12. The molecular weight excluding hydrogens is 169 g/mol. The zero-order valence-electron chi connectivity index (χ0n) is 7.50. The van der Waals surface area contributed by atoms with E-state index in [-0.39, 0.29) is 17.2 Å². The van der Waals surface area contributed by atoms with Crippen LogP contribution in [0.15, 0.2) is 12.1 Å². The number of hydrogen-bond acceptors (Lipinski definition) is 2. The first-order valence-electron chi connectivity index (χ1n) is 3.98. The molecule has 68 valence electrons. The van der Waals surface area contributed by atoms with Crippen LogP contribution in [0.2, 0.25) is 0 Å². The van der Waals surface area contributed by atoms with E-state index in [1.807, 2.05) is 19.9 Å². The van der Waals surface area contributed by atoms with Gasteiger partial charge in [0.25, 0.3) is 0 Å². The van der Waals surface area contributed by atoms with Gasteiger partial charge < -0.3 is 5.11 Å². The zero-order chi connectivity index (χ0) is 10.0. The number of phenols is 1. The summed E-state index contributed by atoms with van der Waals surface area (Å²) in [4.78, 5) is 0. The van der Waals surface area contributed by atoms with Crippen molar-refractivity contribution in [2.45, 2.75) is 19.8 Å². The van der Waals surface area contributed by atoms with Gasteiger partial charge in [-0.1, -0.05) is 13.8 Å². The number of rotatable bonds is 1. The fraction of sp³-hybridized carbons (Fsp3) is 0.300. The lowest BCUT2D eigenvalue weighted by molar-refractivity contribution is 0.423. The summed E-state index contributed by atoms with van der Waals surface area (Å²) in [5.74, 6) is -1.08. The maximum atomic E-state index is 13.0. The summed E-state index contributed by atoms with van der Waals surface area (Å²) in [6.07, 6.45) is 0. The van der Waals surface area contributed by atoms with Crippen LogP contribution in [0.4, 0.5) is 4.39 Å². The van der Waals surface area contributed by atoms with Crippen LogP contribution in [0.3, 0.4) is 0 Å². The first kappa shape index (κ1) is 9.53. The summed E-state index contributed by atoms with van der Waals surface area (Å²) in [5, 5.41) is 17.9. The van der Waals surface area contributed by atoms with Gasteiger partial charge in [-0.25, -0.2) is 4.39 Å². The van der Waals surface area contributed by atoms with Crippen LogP contribution in [0.1, 0.15) is 30.9 Å². The van der Waals surface area contributed by atoms with Crippen LogP contribution in [-0.4, -0.2) is 5.11 Å². The minimum absolute atomic E-state index is 0.00259. The lowest BCUT2D eigenvalue weighted by atomic mass is 10.00. The highest BCUT2D eigenvalue weighted by Crippen LogP contribution is 2.28. The van der Waals surface area contributed by atoms with Crippen molar-refractivity contribution >= 4 is 0 Å². The van der Waals surface area contributed by atoms with Crippen molar-refractivity contribution in [2.75, 3.05) is 0 Å². The zero-order valence-corrected chi connectivity index (χ0v) is 7.50. The van der Waals surface area contributed by atoms with Crippen molar-refractivity contribution in [3.05, 3.63) is 29.1 Å². The quantitative estimate of drug-likeness (QED) is 0.719. The van der Waals surface area contributed by atoms with E-state index in [1.165, 1.54) is 6.07 Å². The van der Waals surface area contributed by atoms with Crippen LogP contribution in [0.25, 0.3) is 0 Å². The van der Waals surface area contributed by atoms with Gasteiger partial charge in [0.15, 0.2) is 11.6 Å². The molecule has 1 rings (SSSR count). The van der Waals surface area contributed by atoms with Crippen LogP contribution in [0, 0.1) is 17.1 Å². The molecule has 1 N–H and O–H groups in total. The highest BCUT2D eigenvalue weighted by atomic mass is 19.1. The minimum Gasteiger partial charge on any atom is -0.505 e. The van der Waals surface area contributed by atoms with Gasteiger partial charge in [0, 0.05) is 5.56 Å². The summed E-state index contributed by atoms with van der Waals surface area (Å²) in [7, 11) is 0. The van der Waals surface area contributed by atoms with E-state index in [4.69, 9.17) is 5.26 Å². The van der Waals surface area contributed by atoms with Crippen molar-refractivity contribution < 1.29 is 9.50 Å². The van der Waals surface area contributed by atoms with E-state index < -0.39 is 5.82 Å². The normalized spacial score (nSPS) is 10.1. The Morgan fingerprint density at radius 1 is 1.46 bits per heavy atom. The number of nitrogens with zero attached hydrogens (tertiary/aromatic N) is 1. The molecule has 0 aliphatic heterocycles. The molecule has 0 atom stereocenters. The largest absolute Gasteiger partial charge is 0.505 e. The van der Waals surface area contributed by atoms with Crippen LogP contribution in [0.5, 0.6) is 5.75 Å². The summed E-state index contributed by atoms with van der Waals surface area (Å²) < 4.78 is 13.0. The summed E-state index contributed by atoms with van der Waals surface area (Å²) in [5.41, 5.74) is 0.704. The van der Waals surface area contributed by atoms with Gasteiger partial charge in [0.05, 0.1) is 11.6 Å². The third-order valence-electron chi connectivity index (χ3n) is 1.84. The maximum absolute atomic E-state index is 13.0. The molecule has 0 aliphatic carbocycles. The number of hydrogen-bond donors (Lipinski definition) is 1. The second kappa shape index (κ2) is 3.44. The van der Waals surface area contributed by atoms with Crippen molar-refractivity contribution in [3.8, 4) is 11.8 Å². The monoisotopic (exact) mass is 179 g/mol. The standard InChI is InChI=1S/C10H10FNO/c1-6(2)8-3-7(5-12)4-9(11)10(8)13/h3-4,6,13H,1-2H3. The Hall–Kier alpha value is -1.56. The first-order chi connectivity index (χ1) is 6.06. The fourth-order valence-corrected chi connectivity index (χ4v) is 1.12. The van der Waals surface area contributed by atoms with Gasteiger partial charge >= 0.3 is 0 Å². The molecule has 3 heteroatoms. The second-order valence-electron chi connectivity index (χ2n) is 3.16. The van der Waals surface area contributed by atoms with Gasteiger partial charge in [0.2, 0.25) is 0 Å².